The number of unbranched alkanes of at least 4 members (excludes halogenated alkanes) is 5. The topological polar surface area (TPSA) is 29.5 Å². The number of carbonyl (C=O) groups is 1. The van der Waals surface area contributed by atoms with Crippen molar-refractivity contribution in [1.29, 1.82) is 0 Å². The van der Waals surface area contributed by atoms with Crippen LogP contribution in [-0.2, 0) is 9.53 Å². The van der Waals surface area contributed by atoms with Gasteiger partial charge in [-0.1, -0.05) is 63.3 Å². The number of fused-ring (bicyclic) bond motifs is 1. The number of hydrogen-bond acceptors (Lipinski definition) is 3. The number of carbonyl (C=O) groups excluding carboxylic acids is 1. The quantitative estimate of drug-likeness (QED) is 0.295. The van der Waals surface area contributed by atoms with Crippen LogP contribution in [-0.4, -0.2) is 35.1 Å². The Balaban J connectivity index is 1.82. The van der Waals surface area contributed by atoms with Crippen molar-refractivity contribution in [3.63, 3.8) is 0 Å². The van der Waals surface area contributed by atoms with Crippen LogP contribution in [0.4, 0.5) is 0 Å². The first-order valence-electron chi connectivity index (χ1n) is 10.9. The summed E-state index contributed by atoms with van der Waals surface area (Å²) in [4.78, 5) is 14.0. The molecule has 0 aromatic heterocycles. The molecule has 2 rings (SSSR count). The van der Waals surface area contributed by atoms with Crippen molar-refractivity contribution in [2.24, 2.45) is 0 Å². The first-order chi connectivity index (χ1) is 12.6. The van der Waals surface area contributed by atoms with Crippen LogP contribution in [0.25, 0.3) is 0 Å². The van der Waals surface area contributed by atoms with Crippen molar-refractivity contribution in [1.82, 2.24) is 4.90 Å². The maximum Gasteiger partial charge on any atom is 0.302 e. The van der Waals surface area contributed by atoms with E-state index >= 15 is 0 Å². The van der Waals surface area contributed by atoms with Crippen LogP contribution >= 0.6 is 0 Å². The first kappa shape index (κ1) is 21.2. The number of allylic oxidation sites excluding steroid dienone is 3. The number of nitrogens with zero attached hydrogens (tertiary/aromatic N) is 1. The van der Waals surface area contributed by atoms with Gasteiger partial charge in [0.05, 0.1) is 0 Å². The molecule has 4 atom stereocenters. The summed E-state index contributed by atoms with van der Waals surface area (Å²) in [7, 11) is 0. The molecule has 0 aliphatic carbocycles. The zero-order valence-electron chi connectivity index (χ0n) is 17.2. The Morgan fingerprint density at radius 1 is 1.08 bits per heavy atom. The summed E-state index contributed by atoms with van der Waals surface area (Å²) in [5, 5.41) is 0. The highest BCUT2D eigenvalue weighted by Gasteiger charge is 2.40. The van der Waals surface area contributed by atoms with Gasteiger partial charge in [0.25, 0.3) is 0 Å². The average molecular weight is 362 g/mol. The lowest BCUT2D eigenvalue weighted by Gasteiger charge is -2.50. The molecule has 0 spiro atoms. The molecule has 0 aromatic rings. The van der Waals surface area contributed by atoms with E-state index in [-0.39, 0.29) is 12.1 Å². The second-order valence-electron chi connectivity index (χ2n) is 8.08. The van der Waals surface area contributed by atoms with Gasteiger partial charge in [0.1, 0.15) is 6.10 Å². The third kappa shape index (κ3) is 6.57. The van der Waals surface area contributed by atoms with Crippen LogP contribution in [0.15, 0.2) is 24.3 Å². The molecular weight excluding hydrogens is 322 g/mol. The van der Waals surface area contributed by atoms with E-state index in [0.29, 0.717) is 18.1 Å². The summed E-state index contributed by atoms with van der Waals surface area (Å²) in [6.07, 6.45) is 23.1. The van der Waals surface area contributed by atoms with E-state index in [1.807, 2.05) is 0 Å². The number of esters is 1. The minimum Gasteiger partial charge on any atom is -0.461 e. The van der Waals surface area contributed by atoms with Crippen molar-refractivity contribution >= 4 is 5.97 Å². The van der Waals surface area contributed by atoms with Crippen LogP contribution in [0.2, 0.25) is 0 Å². The van der Waals surface area contributed by atoms with Crippen LogP contribution in [0.5, 0.6) is 0 Å². The van der Waals surface area contributed by atoms with E-state index in [1.54, 1.807) is 0 Å². The molecular formula is C23H39NO2. The zero-order valence-corrected chi connectivity index (χ0v) is 17.2. The number of piperidine rings is 2. The predicted octanol–water partition coefficient (Wildman–Crippen LogP) is 5.80. The smallest absolute Gasteiger partial charge is 0.302 e. The Labute approximate surface area is 160 Å². The normalized spacial score (nSPS) is 30.0. The van der Waals surface area contributed by atoms with Gasteiger partial charge in [-0.25, -0.2) is 0 Å². The Morgan fingerprint density at radius 3 is 2.65 bits per heavy atom. The molecule has 2 aliphatic heterocycles. The highest BCUT2D eigenvalue weighted by molar-refractivity contribution is 5.66. The van der Waals surface area contributed by atoms with Gasteiger partial charge >= 0.3 is 5.97 Å². The van der Waals surface area contributed by atoms with Crippen LogP contribution < -0.4 is 0 Å². The van der Waals surface area contributed by atoms with Gasteiger partial charge < -0.3 is 4.74 Å². The summed E-state index contributed by atoms with van der Waals surface area (Å²) in [6.45, 7) is 6.02. The highest BCUT2D eigenvalue weighted by atomic mass is 16.5. The Hall–Kier alpha value is -1.09. The van der Waals surface area contributed by atoms with E-state index in [9.17, 15) is 4.79 Å². The molecule has 0 N–H and O–H groups in total. The Bertz CT molecular complexity index is 471. The second-order valence-corrected chi connectivity index (χ2v) is 8.08. The summed E-state index contributed by atoms with van der Waals surface area (Å²) in [5.41, 5.74) is 0. The lowest BCUT2D eigenvalue weighted by atomic mass is 9.84. The van der Waals surface area contributed by atoms with Gasteiger partial charge in [0.15, 0.2) is 0 Å². The van der Waals surface area contributed by atoms with Gasteiger partial charge in [-0.05, 0) is 45.4 Å². The molecule has 2 saturated heterocycles. The van der Waals surface area contributed by atoms with Gasteiger partial charge in [-0.3, -0.25) is 9.69 Å². The van der Waals surface area contributed by atoms with E-state index in [1.165, 1.54) is 64.7 Å². The molecule has 26 heavy (non-hydrogen) atoms. The van der Waals surface area contributed by atoms with Crippen molar-refractivity contribution in [3.05, 3.63) is 24.3 Å². The fourth-order valence-corrected chi connectivity index (χ4v) is 4.65. The molecule has 148 valence electrons. The maximum absolute atomic E-state index is 11.4. The molecule has 0 radical (unpaired) electrons. The third-order valence-corrected chi connectivity index (χ3v) is 6.01. The Morgan fingerprint density at radius 2 is 1.88 bits per heavy atom. The SMILES string of the molecule is CCCCCCC/C=C/C=C/[C@@H]1CCC[C@H]2CC[C@@H](OC(C)=O)[C@H](C)N21. The largest absolute Gasteiger partial charge is 0.461 e. The van der Waals surface area contributed by atoms with Gasteiger partial charge in [0, 0.05) is 25.0 Å². The third-order valence-electron chi connectivity index (χ3n) is 6.01. The fraction of sp³-hybridized carbons (Fsp3) is 0.783. The van der Waals surface area contributed by atoms with E-state index in [2.05, 4.69) is 43.1 Å². The molecule has 0 saturated carbocycles. The molecule has 3 nitrogen and oxygen atoms in total. The minimum atomic E-state index is -0.147. The minimum absolute atomic E-state index is 0.0522. The molecule has 2 fully saturated rings. The van der Waals surface area contributed by atoms with Gasteiger partial charge in [-0.2, -0.15) is 0 Å². The number of rotatable bonds is 9. The van der Waals surface area contributed by atoms with Crippen LogP contribution in [0.1, 0.15) is 91.4 Å². The second kappa shape index (κ2) is 11.6. The molecule has 2 aliphatic rings. The lowest BCUT2D eigenvalue weighted by Crippen LogP contribution is -2.58. The lowest BCUT2D eigenvalue weighted by molar-refractivity contribution is -0.155. The van der Waals surface area contributed by atoms with E-state index < -0.39 is 0 Å². The zero-order chi connectivity index (χ0) is 18.8. The first-order valence-corrected chi connectivity index (χ1v) is 10.9. The predicted molar refractivity (Wildman–Crippen MR) is 109 cm³/mol. The molecule has 0 unspecified atom stereocenters. The molecule has 2 heterocycles. The average Bonchev–Trinajstić information content (AvgIpc) is 2.62. The number of hydrogen-bond donors (Lipinski definition) is 0. The summed E-state index contributed by atoms with van der Waals surface area (Å²) in [5.74, 6) is -0.147. The molecule has 0 bridgehead atoms. The van der Waals surface area contributed by atoms with Gasteiger partial charge in [-0.15, -0.1) is 0 Å². The maximum atomic E-state index is 11.4. The molecule has 0 amide bonds. The van der Waals surface area contributed by atoms with Gasteiger partial charge in [0.2, 0.25) is 0 Å². The summed E-state index contributed by atoms with van der Waals surface area (Å²) >= 11 is 0. The summed E-state index contributed by atoms with van der Waals surface area (Å²) < 4.78 is 5.58. The monoisotopic (exact) mass is 361 g/mol. The molecule has 3 heteroatoms. The van der Waals surface area contributed by atoms with Crippen molar-refractivity contribution in [2.45, 2.75) is 116 Å². The van der Waals surface area contributed by atoms with Crippen LogP contribution in [0, 0.1) is 0 Å². The Kier molecular flexibility index (Phi) is 9.45. The van der Waals surface area contributed by atoms with E-state index in [0.717, 1.165) is 12.8 Å². The number of ether oxygens (including phenoxy) is 1. The summed E-state index contributed by atoms with van der Waals surface area (Å²) in [6, 6.07) is 1.45. The standard InChI is InChI=1S/C23H39NO2/c1-4-5-6-7-8-9-10-11-12-14-21-15-13-16-22-17-18-23(26-20(3)25)19(2)24(21)22/h10-12,14,19,21-23H,4-9,13,15-18H2,1-3H3/b11-10+,14-12+/t19-,21+,22-,23+/m0/s1. The highest BCUT2D eigenvalue weighted by Crippen LogP contribution is 2.35. The van der Waals surface area contributed by atoms with Crippen molar-refractivity contribution < 1.29 is 9.53 Å². The molecule has 0 aromatic carbocycles. The van der Waals surface area contributed by atoms with Crippen molar-refractivity contribution in [3.8, 4) is 0 Å². The fourth-order valence-electron chi connectivity index (χ4n) is 4.65. The van der Waals surface area contributed by atoms with Crippen molar-refractivity contribution in [2.75, 3.05) is 0 Å². The van der Waals surface area contributed by atoms with E-state index in [4.69, 9.17) is 4.74 Å². The van der Waals surface area contributed by atoms with Crippen LogP contribution in [0.3, 0.4) is 0 Å².